The molecule has 1 aliphatic rings. The topological polar surface area (TPSA) is 88.1 Å². The summed E-state index contributed by atoms with van der Waals surface area (Å²) in [4.78, 5) is 13.6. The van der Waals surface area contributed by atoms with E-state index in [9.17, 15) is 0 Å². The van der Waals surface area contributed by atoms with Crippen LogP contribution in [-0.2, 0) is 7.05 Å². The van der Waals surface area contributed by atoms with Crippen LogP contribution in [0.15, 0.2) is 55.5 Å². The van der Waals surface area contributed by atoms with E-state index in [1.54, 1.807) is 6.33 Å². The number of nitrogens with zero attached hydrogens (tertiary/aromatic N) is 6. The molecule has 1 fully saturated rings. The lowest BCUT2D eigenvalue weighted by molar-refractivity contribution is 0.313. The number of aromatic nitrogens is 4. The van der Waals surface area contributed by atoms with Crippen molar-refractivity contribution in [2.24, 2.45) is 7.05 Å². The van der Waals surface area contributed by atoms with Crippen LogP contribution in [0.3, 0.4) is 0 Å². The first-order chi connectivity index (χ1) is 16.0. The molecule has 0 radical (unpaired) electrons. The molecule has 0 amide bonds. The van der Waals surface area contributed by atoms with Gasteiger partial charge in [0.15, 0.2) is 0 Å². The van der Waals surface area contributed by atoms with E-state index < -0.39 is 0 Å². The number of likely N-dealkylation sites (N-methyl/N-ethyl adjacent to an activating group) is 1. The lowest BCUT2D eigenvalue weighted by atomic mass is 10.1. The van der Waals surface area contributed by atoms with Gasteiger partial charge in [-0.05, 0) is 36.9 Å². The zero-order chi connectivity index (χ0) is 22.9. The minimum absolute atomic E-state index is 0.695. The fourth-order valence-electron chi connectivity index (χ4n) is 4.26. The Morgan fingerprint density at radius 1 is 1.03 bits per heavy atom. The Morgan fingerprint density at radius 3 is 2.64 bits per heavy atom. The van der Waals surface area contributed by atoms with Crippen LogP contribution in [0.4, 0.5) is 22.9 Å². The highest BCUT2D eigenvalue weighted by atomic mass is 15.3. The van der Waals surface area contributed by atoms with Gasteiger partial charge in [0.2, 0.25) is 0 Å². The Morgan fingerprint density at radius 2 is 1.85 bits per heavy atom. The molecule has 4 aromatic rings. The highest BCUT2D eigenvalue weighted by Crippen LogP contribution is 2.33. The summed E-state index contributed by atoms with van der Waals surface area (Å²) in [5.41, 5.74) is 13.0. The van der Waals surface area contributed by atoms with Gasteiger partial charge < -0.3 is 20.9 Å². The van der Waals surface area contributed by atoms with E-state index in [2.05, 4.69) is 62.0 Å². The molecule has 8 nitrogen and oxygen atoms in total. The number of rotatable bonds is 5. The zero-order valence-corrected chi connectivity index (χ0v) is 19.0. The molecule has 5 rings (SSSR count). The van der Waals surface area contributed by atoms with Crippen molar-refractivity contribution in [1.82, 2.24) is 24.6 Å². The highest BCUT2D eigenvalue weighted by Gasteiger charge is 2.18. The van der Waals surface area contributed by atoms with Crippen molar-refractivity contribution in [3.63, 3.8) is 0 Å². The minimum atomic E-state index is 0.695. The third-order valence-corrected chi connectivity index (χ3v) is 6.23. The average molecular weight is 441 g/mol. The van der Waals surface area contributed by atoms with Gasteiger partial charge in [-0.2, -0.15) is 5.10 Å². The van der Waals surface area contributed by atoms with Gasteiger partial charge >= 0.3 is 0 Å². The van der Waals surface area contributed by atoms with Gasteiger partial charge in [-0.1, -0.05) is 18.7 Å². The van der Waals surface area contributed by atoms with Crippen LogP contribution < -0.4 is 16.0 Å². The summed E-state index contributed by atoms with van der Waals surface area (Å²) in [5, 5.41) is 8.80. The molecular formula is C25H28N8. The van der Waals surface area contributed by atoms with Gasteiger partial charge in [0.25, 0.3) is 0 Å². The second-order valence-corrected chi connectivity index (χ2v) is 8.45. The quantitative estimate of drug-likeness (QED) is 0.457. The van der Waals surface area contributed by atoms with E-state index in [-0.39, 0.29) is 0 Å². The SMILES string of the molecule is C=Cc1cc(N2CCN(C)CC2)c(N)cc1Nc1cc(-c2ccc3c(cnn3C)c2)ncn1. The van der Waals surface area contributed by atoms with E-state index in [0.717, 1.165) is 71.0 Å². The van der Waals surface area contributed by atoms with Crippen LogP contribution in [0, 0.1) is 0 Å². The summed E-state index contributed by atoms with van der Waals surface area (Å²) in [5.74, 6) is 0.695. The first-order valence-corrected chi connectivity index (χ1v) is 11.0. The van der Waals surface area contributed by atoms with E-state index in [1.165, 1.54) is 0 Å². The molecule has 0 atom stereocenters. The lowest BCUT2D eigenvalue weighted by Gasteiger charge is -2.35. The molecule has 3 heterocycles. The van der Waals surface area contributed by atoms with Gasteiger partial charge in [-0.15, -0.1) is 0 Å². The first kappa shape index (κ1) is 21.0. The minimum Gasteiger partial charge on any atom is -0.397 e. The lowest BCUT2D eigenvalue weighted by Crippen LogP contribution is -2.44. The van der Waals surface area contributed by atoms with Crippen molar-refractivity contribution in [1.29, 1.82) is 0 Å². The van der Waals surface area contributed by atoms with E-state index in [0.29, 0.717) is 5.82 Å². The molecule has 0 saturated carbocycles. The molecule has 0 aliphatic carbocycles. The zero-order valence-electron chi connectivity index (χ0n) is 19.0. The molecule has 33 heavy (non-hydrogen) atoms. The molecular weight excluding hydrogens is 412 g/mol. The number of aryl methyl sites for hydroxylation is 1. The van der Waals surface area contributed by atoms with Crippen LogP contribution in [0.5, 0.6) is 0 Å². The molecule has 8 heteroatoms. The van der Waals surface area contributed by atoms with Gasteiger partial charge in [0.05, 0.1) is 28.8 Å². The molecule has 1 aliphatic heterocycles. The second kappa shape index (κ2) is 8.55. The molecule has 3 N–H and O–H groups in total. The number of nitrogens with one attached hydrogen (secondary N) is 1. The molecule has 0 spiro atoms. The van der Waals surface area contributed by atoms with Gasteiger partial charge in [0.1, 0.15) is 12.1 Å². The van der Waals surface area contributed by atoms with Crippen molar-refractivity contribution in [3.05, 3.63) is 61.1 Å². The molecule has 2 aromatic carbocycles. The largest absolute Gasteiger partial charge is 0.397 e. The maximum atomic E-state index is 6.47. The summed E-state index contributed by atoms with van der Waals surface area (Å²) in [7, 11) is 4.08. The van der Waals surface area contributed by atoms with Crippen molar-refractivity contribution < 1.29 is 0 Å². The molecule has 0 unspecified atom stereocenters. The number of piperazine rings is 1. The van der Waals surface area contributed by atoms with Crippen LogP contribution in [-0.4, -0.2) is 57.9 Å². The summed E-state index contributed by atoms with van der Waals surface area (Å²) in [6, 6.07) is 12.2. The maximum absolute atomic E-state index is 6.47. The fourth-order valence-corrected chi connectivity index (χ4v) is 4.26. The number of hydrogen-bond donors (Lipinski definition) is 2. The predicted octanol–water partition coefficient (Wildman–Crippen LogP) is 3.75. The van der Waals surface area contributed by atoms with Crippen molar-refractivity contribution in [3.8, 4) is 11.3 Å². The average Bonchev–Trinajstić information content (AvgIpc) is 3.20. The van der Waals surface area contributed by atoms with Crippen LogP contribution in [0.25, 0.3) is 28.2 Å². The third kappa shape index (κ3) is 4.12. The second-order valence-electron chi connectivity index (χ2n) is 8.45. The molecule has 2 aromatic heterocycles. The van der Waals surface area contributed by atoms with Crippen LogP contribution in [0.2, 0.25) is 0 Å². The van der Waals surface area contributed by atoms with E-state index in [4.69, 9.17) is 5.73 Å². The number of nitrogens with two attached hydrogens (primary N) is 1. The fraction of sp³-hybridized carbons (Fsp3) is 0.240. The number of nitrogen functional groups attached to an aromatic ring is 1. The Balaban J connectivity index is 1.43. The van der Waals surface area contributed by atoms with Crippen molar-refractivity contribution in [2.45, 2.75) is 0 Å². The Labute approximate surface area is 193 Å². The van der Waals surface area contributed by atoms with Crippen LogP contribution >= 0.6 is 0 Å². The normalized spacial score (nSPS) is 14.5. The monoisotopic (exact) mass is 440 g/mol. The summed E-state index contributed by atoms with van der Waals surface area (Å²) in [6.07, 6.45) is 5.28. The first-order valence-electron chi connectivity index (χ1n) is 11.0. The summed E-state index contributed by atoms with van der Waals surface area (Å²) >= 11 is 0. The van der Waals surface area contributed by atoms with E-state index >= 15 is 0 Å². The molecule has 0 bridgehead atoms. The number of benzene rings is 2. The smallest absolute Gasteiger partial charge is 0.134 e. The standard InChI is InChI=1S/C25H28N8/c1-4-17-12-24(33-9-7-31(2)8-10-33)20(26)13-22(17)30-25-14-21(27-16-28-25)18-5-6-23-19(11-18)15-29-32(23)3/h4-6,11-16H,1,7-10,26H2,2-3H3,(H,27,28,30). The van der Waals surface area contributed by atoms with E-state index in [1.807, 2.05) is 42.2 Å². The highest BCUT2D eigenvalue weighted by molar-refractivity contribution is 5.85. The summed E-state index contributed by atoms with van der Waals surface area (Å²) in [6.45, 7) is 7.98. The molecule has 168 valence electrons. The Kier molecular flexibility index (Phi) is 5.43. The Hall–Kier alpha value is -3.91. The van der Waals surface area contributed by atoms with Gasteiger partial charge in [-0.25, -0.2) is 9.97 Å². The number of anilines is 4. The number of hydrogen-bond acceptors (Lipinski definition) is 7. The Bertz CT molecular complexity index is 1320. The number of fused-ring (bicyclic) bond motifs is 1. The van der Waals surface area contributed by atoms with Gasteiger partial charge in [-0.3, -0.25) is 4.68 Å². The van der Waals surface area contributed by atoms with Crippen molar-refractivity contribution in [2.75, 3.05) is 49.2 Å². The van der Waals surface area contributed by atoms with Crippen molar-refractivity contribution >= 4 is 39.9 Å². The predicted molar refractivity (Wildman–Crippen MR) is 136 cm³/mol. The third-order valence-electron chi connectivity index (χ3n) is 6.23. The van der Waals surface area contributed by atoms with Gasteiger partial charge in [0, 0.05) is 55.9 Å². The summed E-state index contributed by atoms with van der Waals surface area (Å²) < 4.78 is 1.86. The maximum Gasteiger partial charge on any atom is 0.134 e. The van der Waals surface area contributed by atoms with Crippen LogP contribution in [0.1, 0.15) is 5.56 Å². The molecule has 1 saturated heterocycles.